The zero-order valence-electron chi connectivity index (χ0n) is 14.2. The van der Waals surface area contributed by atoms with E-state index in [4.69, 9.17) is 9.47 Å². The predicted molar refractivity (Wildman–Crippen MR) is 93.1 cm³/mol. The smallest absolute Gasteiger partial charge is 0.260 e. The van der Waals surface area contributed by atoms with Crippen LogP contribution in [0.1, 0.15) is 22.8 Å². The molecular formula is C20H23NO3. The number of carbonyl (C=O) groups is 1. The van der Waals surface area contributed by atoms with Gasteiger partial charge in [-0.05, 0) is 31.5 Å². The Morgan fingerprint density at radius 3 is 2.38 bits per heavy atom. The summed E-state index contributed by atoms with van der Waals surface area (Å²) in [6.07, 6.45) is -0.0670. The second kappa shape index (κ2) is 7.49. The second-order valence-electron chi connectivity index (χ2n) is 6.21. The summed E-state index contributed by atoms with van der Waals surface area (Å²) in [7, 11) is 0. The molecule has 2 aromatic rings. The van der Waals surface area contributed by atoms with E-state index in [2.05, 4.69) is 31.2 Å². The van der Waals surface area contributed by atoms with Crippen molar-refractivity contribution in [2.24, 2.45) is 0 Å². The van der Waals surface area contributed by atoms with Crippen LogP contribution in [0.4, 0.5) is 0 Å². The molecule has 0 aliphatic carbocycles. The molecule has 0 saturated carbocycles. The predicted octanol–water partition coefficient (Wildman–Crippen LogP) is 3.28. The molecule has 24 heavy (non-hydrogen) atoms. The largest absolute Gasteiger partial charge is 0.484 e. The third kappa shape index (κ3) is 4.15. The standard InChI is InChI=1S/C20H23NO3/c1-15-3-7-17(8-4-15)19-13-21(11-12-23-19)20(22)14-24-18-9-5-16(2)6-10-18/h3-10,19H,11-14H2,1-2H3. The topological polar surface area (TPSA) is 38.8 Å². The molecule has 1 amide bonds. The van der Waals surface area contributed by atoms with E-state index in [0.717, 1.165) is 11.3 Å². The Morgan fingerprint density at radius 2 is 1.71 bits per heavy atom. The van der Waals surface area contributed by atoms with Gasteiger partial charge in [0.05, 0.1) is 13.2 Å². The lowest BCUT2D eigenvalue weighted by atomic mass is 10.1. The number of ether oxygens (including phenoxy) is 2. The van der Waals surface area contributed by atoms with Crippen molar-refractivity contribution in [1.82, 2.24) is 4.90 Å². The highest BCUT2D eigenvalue weighted by Crippen LogP contribution is 2.22. The number of carbonyl (C=O) groups excluding carboxylic acids is 1. The molecular weight excluding hydrogens is 302 g/mol. The third-order valence-electron chi connectivity index (χ3n) is 4.25. The van der Waals surface area contributed by atoms with Crippen LogP contribution in [0.25, 0.3) is 0 Å². The number of rotatable bonds is 4. The third-order valence-corrected chi connectivity index (χ3v) is 4.25. The molecule has 1 heterocycles. The molecule has 1 atom stereocenters. The van der Waals surface area contributed by atoms with E-state index >= 15 is 0 Å². The molecule has 0 radical (unpaired) electrons. The molecule has 3 rings (SSSR count). The molecule has 2 aromatic carbocycles. The van der Waals surface area contributed by atoms with E-state index in [9.17, 15) is 4.79 Å². The lowest BCUT2D eigenvalue weighted by Crippen LogP contribution is -2.44. The molecule has 4 heteroatoms. The Bertz CT molecular complexity index is 679. The maximum Gasteiger partial charge on any atom is 0.260 e. The average molecular weight is 325 g/mol. The van der Waals surface area contributed by atoms with E-state index in [-0.39, 0.29) is 18.6 Å². The molecule has 1 aliphatic heterocycles. The highest BCUT2D eigenvalue weighted by Gasteiger charge is 2.25. The van der Waals surface area contributed by atoms with Crippen LogP contribution in [0, 0.1) is 13.8 Å². The molecule has 0 spiro atoms. The summed E-state index contributed by atoms with van der Waals surface area (Å²) in [5.41, 5.74) is 3.49. The average Bonchev–Trinajstić information content (AvgIpc) is 2.62. The minimum Gasteiger partial charge on any atom is -0.484 e. The molecule has 4 nitrogen and oxygen atoms in total. The van der Waals surface area contributed by atoms with Crippen LogP contribution >= 0.6 is 0 Å². The highest BCUT2D eigenvalue weighted by molar-refractivity contribution is 5.78. The Balaban J connectivity index is 1.56. The summed E-state index contributed by atoms with van der Waals surface area (Å²) in [6, 6.07) is 16.0. The molecule has 0 bridgehead atoms. The van der Waals surface area contributed by atoms with Crippen molar-refractivity contribution < 1.29 is 14.3 Å². The zero-order valence-corrected chi connectivity index (χ0v) is 14.2. The van der Waals surface area contributed by atoms with Crippen LogP contribution in [0.5, 0.6) is 5.75 Å². The summed E-state index contributed by atoms with van der Waals surface area (Å²) in [5, 5.41) is 0. The number of amides is 1. The van der Waals surface area contributed by atoms with Crippen molar-refractivity contribution >= 4 is 5.91 Å². The number of benzene rings is 2. The first-order valence-corrected chi connectivity index (χ1v) is 8.27. The van der Waals surface area contributed by atoms with Gasteiger partial charge in [0, 0.05) is 6.54 Å². The van der Waals surface area contributed by atoms with Crippen LogP contribution in [-0.2, 0) is 9.53 Å². The van der Waals surface area contributed by atoms with Gasteiger partial charge in [0.25, 0.3) is 5.91 Å². The van der Waals surface area contributed by atoms with Crippen LogP contribution in [0.3, 0.4) is 0 Å². The fourth-order valence-corrected chi connectivity index (χ4v) is 2.73. The summed E-state index contributed by atoms with van der Waals surface area (Å²) < 4.78 is 11.4. The van der Waals surface area contributed by atoms with Crippen LogP contribution in [0.15, 0.2) is 48.5 Å². The molecule has 1 saturated heterocycles. The maximum absolute atomic E-state index is 12.4. The summed E-state index contributed by atoms with van der Waals surface area (Å²) >= 11 is 0. The van der Waals surface area contributed by atoms with E-state index < -0.39 is 0 Å². The van der Waals surface area contributed by atoms with Gasteiger partial charge < -0.3 is 14.4 Å². The molecule has 0 aromatic heterocycles. The van der Waals surface area contributed by atoms with Gasteiger partial charge in [0.2, 0.25) is 0 Å². The van der Waals surface area contributed by atoms with Gasteiger partial charge in [-0.1, -0.05) is 47.5 Å². The molecule has 1 aliphatic rings. The van der Waals surface area contributed by atoms with Crippen molar-refractivity contribution in [2.75, 3.05) is 26.3 Å². The summed E-state index contributed by atoms with van der Waals surface area (Å²) in [6.45, 7) is 5.87. The summed E-state index contributed by atoms with van der Waals surface area (Å²) in [5.74, 6) is 0.716. The normalized spacial score (nSPS) is 17.6. The van der Waals surface area contributed by atoms with Crippen molar-refractivity contribution in [3.05, 3.63) is 65.2 Å². The molecule has 126 valence electrons. The van der Waals surface area contributed by atoms with Crippen LogP contribution in [-0.4, -0.2) is 37.1 Å². The fraction of sp³-hybridized carbons (Fsp3) is 0.350. The first-order chi connectivity index (χ1) is 11.6. The number of morpholine rings is 1. The Morgan fingerprint density at radius 1 is 1.08 bits per heavy atom. The van der Waals surface area contributed by atoms with Crippen molar-refractivity contribution in [3.63, 3.8) is 0 Å². The first-order valence-electron chi connectivity index (χ1n) is 8.27. The van der Waals surface area contributed by atoms with Gasteiger partial charge >= 0.3 is 0 Å². The van der Waals surface area contributed by atoms with Gasteiger partial charge in [-0.15, -0.1) is 0 Å². The van der Waals surface area contributed by atoms with E-state index in [1.807, 2.05) is 36.1 Å². The Kier molecular flexibility index (Phi) is 5.16. The fourth-order valence-electron chi connectivity index (χ4n) is 2.73. The molecule has 0 N–H and O–H groups in total. The van der Waals surface area contributed by atoms with Crippen LogP contribution < -0.4 is 4.74 Å². The van der Waals surface area contributed by atoms with Gasteiger partial charge in [0.1, 0.15) is 11.9 Å². The SMILES string of the molecule is Cc1ccc(OCC(=O)N2CCOC(c3ccc(C)cc3)C2)cc1. The van der Waals surface area contributed by atoms with E-state index in [0.29, 0.717) is 19.7 Å². The monoisotopic (exact) mass is 325 g/mol. The highest BCUT2D eigenvalue weighted by atomic mass is 16.5. The quantitative estimate of drug-likeness (QED) is 0.866. The lowest BCUT2D eigenvalue weighted by Gasteiger charge is -2.33. The number of hydrogen-bond donors (Lipinski definition) is 0. The number of nitrogens with zero attached hydrogens (tertiary/aromatic N) is 1. The second-order valence-corrected chi connectivity index (χ2v) is 6.21. The lowest BCUT2D eigenvalue weighted by molar-refractivity contribution is -0.141. The van der Waals surface area contributed by atoms with Gasteiger partial charge in [0.15, 0.2) is 6.61 Å². The van der Waals surface area contributed by atoms with E-state index in [1.165, 1.54) is 11.1 Å². The van der Waals surface area contributed by atoms with Gasteiger partial charge in [-0.2, -0.15) is 0 Å². The van der Waals surface area contributed by atoms with Crippen molar-refractivity contribution in [1.29, 1.82) is 0 Å². The van der Waals surface area contributed by atoms with E-state index in [1.54, 1.807) is 0 Å². The van der Waals surface area contributed by atoms with Crippen LogP contribution in [0.2, 0.25) is 0 Å². The number of hydrogen-bond acceptors (Lipinski definition) is 3. The first kappa shape index (κ1) is 16.5. The number of aryl methyl sites for hydroxylation is 2. The minimum atomic E-state index is -0.0670. The Hall–Kier alpha value is -2.33. The maximum atomic E-state index is 12.4. The summed E-state index contributed by atoms with van der Waals surface area (Å²) in [4.78, 5) is 14.2. The molecule has 1 fully saturated rings. The van der Waals surface area contributed by atoms with Crippen molar-refractivity contribution in [3.8, 4) is 5.75 Å². The zero-order chi connectivity index (χ0) is 16.9. The van der Waals surface area contributed by atoms with Gasteiger partial charge in [-0.25, -0.2) is 0 Å². The molecule has 1 unspecified atom stereocenters. The minimum absolute atomic E-state index is 0.00372. The van der Waals surface area contributed by atoms with Gasteiger partial charge in [-0.3, -0.25) is 4.79 Å². The Labute approximate surface area is 143 Å². The van der Waals surface area contributed by atoms with Crippen molar-refractivity contribution in [2.45, 2.75) is 20.0 Å².